The number of nitriles is 1. The lowest BCUT2D eigenvalue weighted by Crippen LogP contribution is -2.41. The molecule has 41 heavy (non-hydrogen) atoms. The minimum Gasteiger partial charge on any atom is -0.349 e. The summed E-state index contributed by atoms with van der Waals surface area (Å²) in [6.45, 7) is 5.18. The number of aromatic nitrogens is 2. The van der Waals surface area contributed by atoms with Gasteiger partial charge >= 0.3 is 5.69 Å². The molecule has 1 N–H and O–H groups in total. The predicted molar refractivity (Wildman–Crippen MR) is 152 cm³/mol. The van der Waals surface area contributed by atoms with Crippen molar-refractivity contribution in [2.75, 3.05) is 13.1 Å². The second kappa shape index (κ2) is 11.7. The quantitative estimate of drug-likeness (QED) is 0.476. The Hall–Kier alpha value is -4.26. The number of hydrogen-bond acceptors (Lipinski definition) is 5. The zero-order valence-electron chi connectivity index (χ0n) is 23.4. The van der Waals surface area contributed by atoms with E-state index in [4.69, 9.17) is 5.26 Å². The van der Waals surface area contributed by atoms with E-state index in [0.29, 0.717) is 66.8 Å². The summed E-state index contributed by atoms with van der Waals surface area (Å²) in [6, 6.07) is 10.6. The van der Waals surface area contributed by atoms with Gasteiger partial charge in [-0.05, 0) is 87.8 Å². The summed E-state index contributed by atoms with van der Waals surface area (Å²) in [5, 5.41) is 12.3. The van der Waals surface area contributed by atoms with E-state index in [1.54, 1.807) is 39.8 Å². The second-order valence-electron chi connectivity index (χ2n) is 11.4. The zero-order valence-corrected chi connectivity index (χ0v) is 23.4. The van der Waals surface area contributed by atoms with Gasteiger partial charge in [-0.3, -0.25) is 23.5 Å². The van der Waals surface area contributed by atoms with Gasteiger partial charge in [0.15, 0.2) is 0 Å². The van der Waals surface area contributed by atoms with Crippen LogP contribution in [-0.4, -0.2) is 45.0 Å². The maximum Gasteiger partial charge on any atom is 0.331 e. The van der Waals surface area contributed by atoms with Crippen molar-refractivity contribution in [3.05, 3.63) is 79.7 Å². The summed E-state index contributed by atoms with van der Waals surface area (Å²) in [6.07, 6.45) is 4.00. The van der Waals surface area contributed by atoms with Crippen LogP contribution >= 0.6 is 0 Å². The Balaban J connectivity index is 1.28. The highest BCUT2D eigenvalue weighted by Gasteiger charge is 2.26. The number of likely N-dealkylation sites (tertiary alicyclic amines) is 1. The fraction of sp³-hybridized carbons (Fsp3) is 0.452. The molecule has 1 saturated carbocycles. The van der Waals surface area contributed by atoms with Gasteiger partial charge in [0, 0.05) is 37.3 Å². The monoisotopic (exact) mass is 559 g/mol. The Morgan fingerprint density at radius 2 is 1.85 bits per heavy atom. The van der Waals surface area contributed by atoms with Gasteiger partial charge in [0.1, 0.15) is 11.9 Å². The highest BCUT2D eigenvalue weighted by Crippen LogP contribution is 2.30. The molecule has 9 nitrogen and oxygen atoms in total. The maximum atomic E-state index is 14.0. The molecule has 1 aliphatic heterocycles. The number of nitrogens with one attached hydrogen (secondary N) is 1. The molecule has 0 bridgehead atoms. The van der Waals surface area contributed by atoms with Crippen LogP contribution in [-0.2, 0) is 17.8 Å². The fourth-order valence-corrected chi connectivity index (χ4v) is 5.55. The molecule has 5 rings (SSSR count). The highest BCUT2D eigenvalue weighted by atomic mass is 19.1. The first-order valence-electron chi connectivity index (χ1n) is 14.2. The SMILES string of the molecule is CC(C)n1c(=O)n(CC2CC2)c(=O)c2cc(C(=O)NC3CCCN(C(=O)Cc4ccc(C#N)c(F)c4)CC3)ccc21. The van der Waals surface area contributed by atoms with Gasteiger partial charge in [-0.25, -0.2) is 9.18 Å². The molecule has 214 valence electrons. The van der Waals surface area contributed by atoms with E-state index in [1.165, 1.54) is 16.7 Å². The normalized spacial score (nSPS) is 17.3. The minimum atomic E-state index is -0.639. The fourth-order valence-electron chi connectivity index (χ4n) is 5.55. The van der Waals surface area contributed by atoms with Gasteiger partial charge in [0.05, 0.1) is 22.9 Å². The highest BCUT2D eigenvalue weighted by molar-refractivity contribution is 5.98. The number of halogens is 1. The third-order valence-corrected chi connectivity index (χ3v) is 8.01. The lowest BCUT2D eigenvalue weighted by Gasteiger charge is -2.21. The molecule has 1 unspecified atom stereocenters. The summed E-state index contributed by atoms with van der Waals surface area (Å²) in [5.41, 5.74) is 0.638. The molecule has 1 atom stereocenters. The van der Waals surface area contributed by atoms with Gasteiger partial charge < -0.3 is 10.2 Å². The molecule has 0 radical (unpaired) electrons. The van der Waals surface area contributed by atoms with Crippen molar-refractivity contribution in [1.82, 2.24) is 19.4 Å². The molecule has 3 aromatic rings. The number of benzene rings is 2. The van der Waals surface area contributed by atoms with Crippen molar-refractivity contribution in [2.24, 2.45) is 5.92 Å². The topological polar surface area (TPSA) is 117 Å². The molecule has 1 aliphatic carbocycles. The average Bonchev–Trinajstić information content (AvgIpc) is 3.78. The molecule has 2 fully saturated rings. The Morgan fingerprint density at radius 3 is 2.54 bits per heavy atom. The first kappa shape index (κ1) is 28.3. The number of carbonyl (C=O) groups is 2. The predicted octanol–water partition coefficient (Wildman–Crippen LogP) is 3.52. The lowest BCUT2D eigenvalue weighted by atomic mass is 10.1. The molecular weight excluding hydrogens is 525 g/mol. The van der Waals surface area contributed by atoms with Crippen LogP contribution in [0, 0.1) is 23.1 Å². The zero-order chi connectivity index (χ0) is 29.3. The van der Waals surface area contributed by atoms with Crippen LogP contribution in [0.3, 0.4) is 0 Å². The van der Waals surface area contributed by atoms with Crippen LogP contribution in [0.2, 0.25) is 0 Å². The molecule has 1 aromatic heterocycles. The van der Waals surface area contributed by atoms with Gasteiger partial charge in [0.2, 0.25) is 5.91 Å². The van der Waals surface area contributed by atoms with Crippen LogP contribution in [0.1, 0.15) is 73.5 Å². The standard InChI is InChI=1S/C31H34FN5O4/c1-19(2)37-27-10-9-22(16-25(27)30(40)36(31(37)41)18-20-5-6-20)29(39)34-24-4-3-12-35(13-11-24)28(38)15-21-7-8-23(17-33)26(32)14-21/h7-10,14,16,19-20,24H,3-6,11-13,15,18H2,1-2H3,(H,34,39). The summed E-state index contributed by atoms with van der Waals surface area (Å²) in [5.74, 6) is -0.731. The minimum absolute atomic E-state index is 0.0382. The molecule has 2 aliphatic rings. The van der Waals surface area contributed by atoms with E-state index in [1.807, 2.05) is 13.8 Å². The summed E-state index contributed by atoms with van der Waals surface area (Å²) < 4.78 is 16.9. The molecule has 2 aromatic carbocycles. The van der Waals surface area contributed by atoms with Crippen molar-refractivity contribution in [2.45, 2.75) is 71.0 Å². The molecule has 2 heterocycles. The molecule has 10 heteroatoms. The second-order valence-corrected chi connectivity index (χ2v) is 11.4. The van der Waals surface area contributed by atoms with Crippen LogP contribution in [0.15, 0.2) is 46.0 Å². The van der Waals surface area contributed by atoms with Gasteiger partial charge in [-0.2, -0.15) is 5.26 Å². The van der Waals surface area contributed by atoms with Crippen molar-refractivity contribution in [1.29, 1.82) is 5.26 Å². The number of nitrogens with zero attached hydrogens (tertiary/aromatic N) is 4. The van der Waals surface area contributed by atoms with Crippen molar-refractivity contribution in [3.63, 3.8) is 0 Å². The van der Waals surface area contributed by atoms with E-state index in [-0.39, 0.29) is 47.1 Å². The average molecular weight is 560 g/mol. The van der Waals surface area contributed by atoms with Crippen LogP contribution in [0.4, 0.5) is 4.39 Å². The summed E-state index contributed by atoms with van der Waals surface area (Å²) in [4.78, 5) is 54.3. The summed E-state index contributed by atoms with van der Waals surface area (Å²) >= 11 is 0. The van der Waals surface area contributed by atoms with Gasteiger partial charge in [-0.15, -0.1) is 0 Å². The van der Waals surface area contributed by atoms with E-state index in [9.17, 15) is 23.6 Å². The Labute approximate surface area is 237 Å². The number of carbonyl (C=O) groups excluding carboxylic acids is 2. The van der Waals surface area contributed by atoms with Gasteiger partial charge in [0.25, 0.3) is 11.5 Å². The third-order valence-electron chi connectivity index (χ3n) is 8.01. The number of amides is 2. The van der Waals surface area contributed by atoms with Crippen LogP contribution < -0.4 is 16.6 Å². The van der Waals surface area contributed by atoms with E-state index < -0.39 is 5.82 Å². The van der Waals surface area contributed by atoms with Crippen molar-refractivity contribution >= 4 is 22.7 Å². The third kappa shape index (κ3) is 6.09. The smallest absolute Gasteiger partial charge is 0.331 e. The first-order chi connectivity index (χ1) is 19.7. The first-order valence-corrected chi connectivity index (χ1v) is 14.2. The van der Waals surface area contributed by atoms with E-state index in [2.05, 4.69) is 5.32 Å². The van der Waals surface area contributed by atoms with E-state index in [0.717, 1.165) is 12.8 Å². The molecule has 1 saturated heterocycles. The van der Waals surface area contributed by atoms with Crippen molar-refractivity contribution < 1.29 is 14.0 Å². The van der Waals surface area contributed by atoms with Gasteiger partial charge in [-0.1, -0.05) is 6.07 Å². The number of rotatable bonds is 7. The lowest BCUT2D eigenvalue weighted by molar-refractivity contribution is -0.130. The van der Waals surface area contributed by atoms with Crippen LogP contribution in [0.5, 0.6) is 0 Å². The molecule has 0 spiro atoms. The number of hydrogen-bond donors (Lipinski definition) is 1. The van der Waals surface area contributed by atoms with E-state index >= 15 is 0 Å². The number of fused-ring (bicyclic) bond motifs is 1. The largest absolute Gasteiger partial charge is 0.349 e. The van der Waals surface area contributed by atoms with Crippen molar-refractivity contribution in [3.8, 4) is 6.07 Å². The van der Waals surface area contributed by atoms with Crippen LogP contribution in [0.25, 0.3) is 10.9 Å². The summed E-state index contributed by atoms with van der Waals surface area (Å²) in [7, 11) is 0. The molecule has 2 amide bonds. The Kier molecular flexibility index (Phi) is 8.06. The Morgan fingerprint density at radius 1 is 1.07 bits per heavy atom. The molecular formula is C31H34FN5O4. The maximum absolute atomic E-state index is 14.0. The Bertz CT molecular complexity index is 1660.